The quantitative estimate of drug-likeness (QED) is 0.701. The Morgan fingerprint density at radius 1 is 1.39 bits per heavy atom. The smallest absolute Gasteiger partial charge is 0.136 e. The first-order valence-electron chi connectivity index (χ1n) is 5.50. The van der Waals surface area contributed by atoms with Crippen LogP contribution in [0, 0.1) is 0 Å². The molecule has 0 aliphatic heterocycles. The number of aliphatic hydroxyl groups excluding tert-OH is 1. The zero-order chi connectivity index (χ0) is 12.5. The van der Waals surface area contributed by atoms with Crippen molar-refractivity contribution in [1.82, 2.24) is 14.5 Å². The monoisotopic (exact) mass is 260 g/mol. The van der Waals surface area contributed by atoms with Crippen LogP contribution in [0.5, 0.6) is 0 Å². The molecule has 18 heavy (non-hydrogen) atoms. The van der Waals surface area contributed by atoms with E-state index < -0.39 is 0 Å². The molecule has 0 fully saturated rings. The molecule has 92 valence electrons. The number of benzene rings is 1. The molecular formula is C12H12N4OS. The number of nitrogens with two attached hydrogens (primary N) is 1. The number of aliphatic hydroxyl groups is 1. The minimum absolute atomic E-state index is 0.0985. The predicted octanol–water partition coefficient (Wildman–Crippen LogP) is 1.62. The summed E-state index contributed by atoms with van der Waals surface area (Å²) < 4.78 is 1.96. The highest BCUT2D eigenvalue weighted by Gasteiger charge is 2.11. The molecule has 0 spiro atoms. The lowest BCUT2D eigenvalue weighted by molar-refractivity contribution is 0.267. The van der Waals surface area contributed by atoms with Gasteiger partial charge in [0.05, 0.1) is 28.8 Å². The largest absolute Gasteiger partial charge is 0.399 e. The summed E-state index contributed by atoms with van der Waals surface area (Å²) in [6.07, 6.45) is 0. The molecule has 5 nitrogen and oxygen atoms in total. The molecule has 0 aliphatic rings. The number of nitrogen functional groups attached to an aromatic ring is 1. The van der Waals surface area contributed by atoms with E-state index in [1.807, 2.05) is 28.1 Å². The number of fused-ring (bicyclic) bond motifs is 1. The van der Waals surface area contributed by atoms with Gasteiger partial charge in [0.2, 0.25) is 0 Å². The van der Waals surface area contributed by atoms with E-state index in [1.165, 1.54) is 0 Å². The van der Waals surface area contributed by atoms with E-state index in [-0.39, 0.29) is 6.61 Å². The molecule has 0 bridgehead atoms. The fourth-order valence-electron chi connectivity index (χ4n) is 1.97. The van der Waals surface area contributed by atoms with E-state index in [2.05, 4.69) is 9.97 Å². The number of anilines is 1. The predicted molar refractivity (Wildman–Crippen MR) is 71.3 cm³/mol. The second-order valence-electron chi connectivity index (χ2n) is 4.00. The zero-order valence-electron chi connectivity index (χ0n) is 9.58. The standard InChI is InChI=1S/C12H12N4OS/c13-8-1-2-11-10(3-8)15-12(5-17)16(11)4-9-6-18-7-14-9/h1-3,6-7,17H,4-5,13H2. The van der Waals surface area contributed by atoms with Crippen LogP contribution in [0.25, 0.3) is 11.0 Å². The maximum Gasteiger partial charge on any atom is 0.136 e. The summed E-state index contributed by atoms with van der Waals surface area (Å²) in [4.78, 5) is 8.64. The summed E-state index contributed by atoms with van der Waals surface area (Å²) in [5.41, 5.74) is 10.9. The van der Waals surface area contributed by atoms with Crippen molar-refractivity contribution in [3.05, 3.63) is 40.6 Å². The van der Waals surface area contributed by atoms with E-state index in [4.69, 9.17) is 5.73 Å². The molecular weight excluding hydrogens is 248 g/mol. The molecule has 2 aromatic heterocycles. The third kappa shape index (κ3) is 1.85. The molecule has 0 saturated heterocycles. The van der Waals surface area contributed by atoms with Gasteiger partial charge in [-0.1, -0.05) is 0 Å². The van der Waals surface area contributed by atoms with Crippen molar-refractivity contribution in [2.24, 2.45) is 0 Å². The Bertz CT molecular complexity index is 675. The van der Waals surface area contributed by atoms with Gasteiger partial charge in [0, 0.05) is 11.1 Å². The van der Waals surface area contributed by atoms with Crippen LogP contribution in [-0.2, 0) is 13.2 Å². The summed E-state index contributed by atoms with van der Waals surface area (Å²) in [7, 11) is 0. The molecule has 0 saturated carbocycles. The summed E-state index contributed by atoms with van der Waals surface area (Å²) >= 11 is 1.56. The lowest BCUT2D eigenvalue weighted by Crippen LogP contribution is -2.05. The second kappa shape index (κ2) is 4.40. The lowest BCUT2D eigenvalue weighted by Gasteiger charge is -2.05. The van der Waals surface area contributed by atoms with Crippen molar-refractivity contribution < 1.29 is 5.11 Å². The fraction of sp³-hybridized carbons (Fsp3) is 0.167. The van der Waals surface area contributed by atoms with Gasteiger partial charge in [0.15, 0.2) is 0 Å². The van der Waals surface area contributed by atoms with Gasteiger partial charge in [-0.3, -0.25) is 0 Å². The first-order chi connectivity index (χ1) is 8.78. The van der Waals surface area contributed by atoms with E-state index >= 15 is 0 Å². The van der Waals surface area contributed by atoms with Crippen molar-refractivity contribution in [3.63, 3.8) is 0 Å². The number of rotatable bonds is 3. The third-order valence-electron chi connectivity index (χ3n) is 2.80. The topological polar surface area (TPSA) is 77.0 Å². The zero-order valence-corrected chi connectivity index (χ0v) is 10.4. The van der Waals surface area contributed by atoms with Gasteiger partial charge in [-0.25, -0.2) is 9.97 Å². The van der Waals surface area contributed by atoms with E-state index in [1.54, 1.807) is 16.8 Å². The summed E-state index contributed by atoms with van der Waals surface area (Å²) in [5, 5.41) is 11.4. The number of thiazole rings is 1. The van der Waals surface area contributed by atoms with Crippen LogP contribution >= 0.6 is 11.3 Å². The molecule has 0 atom stereocenters. The number of hydrogen-bond donors (Lipinski definition) is 2. The summed E-state index contributed by atoms with van der Waals surface area (Å²) in [5.74, 6) is 0.628. The number of imidazole rings is 1. The third-order valence-corrected chi connectivity index (χ3v) is 3.43. The Hall–Kier alpha value is -1.92. The fourth-order valence-corrected chi connectivity index (χ4v) is 2.52. The van der Waals surface area contributed by atoms with Crippen LogP contribution < -0.4 is 5.73 Å². The molecule has 0 amide bonds. The highest BCUT2D eigenvalue weighted by atomic mass is 32.1. The number of aromatic nitrogens is 3. The molecule has 2 heterocycles. The molecule has 3 rings (SSSR count). The highest BCUT2D eigenvalue weighted by molar-refractivity contribution is 7.07. The van der Waals surface area contributed by atoms with Crippen LogP contribution in [0.3, 0.4) is 0 Å². The first kappa shape index (κ1) is 11.2. The Labute approximate surface area is 108 Å². The minimum atomic E-state index is -0.0985. The van der Waals surface area contributed by atoms with E-state index in [0.29, 0.717) is 18.1 Å². The maximum absolute atomic E-state index is 9.39. The molecule has 3 N–H and O–H groups in total. The van der Waals surface area contributed by atoms with Gasteiger partial charge >= 0.3 is 0 Å². The Balaban J connectivity index is 2.13. The lowest BCUT2D eigenvalue weighted by atomic mass is 10.3. The van der Waals surface area contributed by atoms with Gasteiger partial charge in [-0.2, -0.15) is 0 Å². The van der Waals surface area contributed by atoms with Crippen molar-refractivity contribution >= 4 is 28.1 Å². The van der Waals surface area contributed by atoms with E-state index in [0.717, 1.165) is 16.7 Å². The van der Waals surface area contributed by atoms with Crippen molar-refractivity contribution in [2.45, 2.75) is 13.2 Å². The Morgan fingerprint density at radius 3 is 3.00 bits per heavy atom. The molecule has 0 unspecified atom stereocenters. The van der Waals surface area contributed by atoms with Gasteiger partial charge in [0.1, 0.15) is 12.4 Å². The number of nitrogens with zero attached hydrogens (tertiary/aromatic N) is 3. The van der Waals surface area contributed by atoms with Crippen molar-refractivity contribution in [2.75, 3.05) is 5.73 Å². The van der Waals surface area contributed by atoms with Crippen molar-refractivity contribution in [3.8, 4) is 0 Å². The van der Waals surface area contributed by atoms with Gasteiger partial charge in [-0.05, 0) is 18.2 Å². The minimum Gasteiger partial charge on any atom is -0.399 e. The summed E-state index contributed by atoms with van der Waals surface area (Å²) in [6.45, 7) is 0.512. The maximum atomic E-state index is 9.39. The van der Waals surface area contributed by atoms with Crippen LogP contribution in [0.4, 0.5) is 5.69 Å². The van der Waals surface area contributed by atoms with Crippen LogP contribution in [0.2, 0.25) is 0 Å². The van der Waals surface area contributed by atoms with Crippen molar-refractivity contribution in [1.29, 1.82) is 0 Å². The molecule has 0 aliphatic carbocycles. The molecule has 3 aromatic rings. The normalized spacial score (nSPS) is 11.2. The molecule has 1 aromatic carbocycles. The van der Waals surface area contributed by atoms with Crippen LogP contribution in [-0.4, -0.2) is 19.6 Å². The SMILES string of the molecule is Nc1ccc2c(c1)nc(CO)n2Cc1cscn1. The second-order valence-corrected chi connectivity index (χ2v) is 4.72. The average molecular weight is 260 g/mol. The van der Waals surface area contributed by atoms with Crippen LogP contribution in [0.1, 0.15) is 11.5 Å². The Morgan fingerprint density at radius 2 is 2.28 bits per heavy atom. The average Bonchev–Trinajstić information content (AvgIpc) is 2.97. The van der Waals surface area contributed by atoms with Crippen LogP contribution in [0.15, 0.2) is 29.1 Å². The van der Waals surface area contributed by atoms with E-state index in [9.17, 15) is 5.11 Å². The van der Waals surface area contributed by atoms with Gasteiger partial charge in [-0.15, -0.1) is 11.3 Å². The Kier molecular flexibility index (Phi) is 2.73. The molecule has 0 radical (unpaired) electrons. The number of hydrogen-bond acceptors (Lipinski definition) is 5. The van der Waals surface area contributed by atoms with Gasteiger partial charge in [0.25, 0.3) is 0 Å². The van der Waals surface area contributed by atoms with Gasteiger partial charge < -0.3 is 15.4 Å². The first-order valence-corrected chi connectivity index (χ1v) is 6.45. The summed E-state index contributed by atoms with van der Waals surface area (Å²) in [6, 6.07) is 5.57. The molecule has 6 heteroatoms. The highest BCUT2D eigenvalue weighted by Crippen LogP contribution is 2.20.